The molecule has 0 saturated heterocycles. The topological polar surface area (TPSA) is 115 Å². The van der Waals surface area contributed by atoms with E-state index in [2.05, 4.69) is 15.3 Å². The van der Waals surface area contributed by atoms with E-state index in [-0.39, 0.29) is 5.57 Å². The average molecular weight is 329 g/mol. The Morgan fingerprint density at radius 1 is 1.25 bits per heavy atom. The zero-order valence-corrected chi connectivity index (χ0v) is 13.3. The zero-order chi connectivity index (χ0) is 17.4. The fourth-order valence-electron chi connectivity index (χ4n) is 3.15. The number of aromatic nitrogens is 2. The zero-order valence-electron chi connectivity index (χ0n) is 13.3. The lowest BCUT2D eigenvalue weighted by Gasteiger charge is -2.30. The number of benzene rings is 1. The van der Waals surface area contributed by atoms with E-state index in [1.807, 2.05) is 0 Å². The first-order valence-corrected chi connectivity index (χ1v) is 7.24. The summed E-state index contributed by atoms with van der Waals surface area (Å²) >= 11 is 0. The Kier molecular flexibility index (Phi) is 3.88. The molecule has 1 unspecified atom stereocenters. The lowest BCUT2D eigenvalue weighted by atomic mass is 9.75. The van der Waals surface area contributed by atoms with Gasteiger partial charge in [-0.05, 0) is 35.8 Å². The lowest BCUT2D eigenvalue weighted by molar-refractivity contribution is -0.140. The maximum Gasteiger partial charge on any atom is 0.336 e. The molecule has 1 aliphatic heterocycles. The number of ether oxygens (including phenoxy) is 1. The van der Waals surface area contributed by atoms with Gasteiger partial charge in [-0.15, -0.1) is 0 Å². The lowest BCUT2D eigenvalue weighted by Crippen LogP contribution is -2.35. The Hall–Kier alpha value is -3.03. The number of carbonyl (C=O) groups is 2. The highest BCUT2D eigenvalue weighted by atomic mass is 16.6. The van der Waals surface area contributed by atoms with Gasteiger partial charge in [-0.1, -0.05) is 12.1 Å². The number of allylic oxidation sites excluding steroid dienone is 1. The minimum absolute atomic E-state index is 0.200. The van der Waals surface area contributed by atoms with Crippen LogP contribution in [0.4, 0.5) is 0 Å². The van der Waals surface area contributed by atoms with Gasteiger partial charge in [0.2, 0.25) is 0 Å². The molecule has 0 saturated carbocycles. The number of hydrogen-bond acceptors (Lipinski definition) is 7. The second-order valence-electron chi connectivity index (χ2n) is 5.52. The van der Waals surface area contributed by atoms with Crippen molar-refractivity contribution in [2.24, 2.45) is 10.9 Å². The summed E-state index contributed by atoms with van der Waals surface area (Å²) in [5.41, 5.74) is 2.47. The number of carbonyl (C=O) groups excluding carboxylic acids is 1. The van der Waals surface area contributed by atoms with Crippen molar-refractivity contribution in [3.63, 3.8) is 0 Å². The van der Waals surface area contributed by atoms with E-state index >= 15 is 0 Å². The summed E-state index contributed by atoms with van der Waals surface area (Å²) < 4.78 is 9.61. The van der Waals surface area contributed by atoms with Gasteiger partial charge in [0.1, 0.15) is 17.0 Å². The summed E-state index contributed by atoms with van der Waals surface area (Å²) in [5, 5.41) is 17.3. The van der Waals surface area contributed by atoms with Crippen LogP contribution >= 0.6 is 0 Å². The number of methoxy groups -OCH3 is 1. The number of aliphatic carboxylic acids is 1. The molecule has 1 aromatic carbocycles. The fraction of sp³-hybridized carbons (Fsp3) is 0.312. The molecule has 0 fully saturated rings. The third-order valence-electron chi connectivity index (χ3n) is 4.15. The van der Waals surface area contributed by atoms with Crippen LogP contribution in [0.2, 0.25) is 0 Å². The van der Waals surface area contributed by atoms with Gasteiger partial charge >= 0.3 is 11.9 Å². The van der Waals surface area contributed by atoms with Crippen LogP contribution in [0.25, 0.3) is 11.0 Å². The third kappa shape index (κ3) is 2.36. The van der Waals surface area contributed by atoms with Gasteiger partial charge in [0, 0.05) is 17.3 Å². The van der Waals surface area contributed by atoms with E-state index in [0.29, 0.717) is 28.0 Å². The normalized spacial score (nSPS) is 20.9. The summed E-state index contributed by atoms with van der Waals surface area (Å²) in [5.74, 6) is -3.50. The van der Waals surface area contributed by atoms with Crippen molar-refractivity contribution >= 4 is 28.7 Å². The summed E-state index contributed by atoms with van der Waals surface area (Å²) in [6.45, 7) is 3.28. The molecule has 0 spiro atoms. The number of nitrogens with zero attached hydrogens (tertiary/aromatic N) is 3. The van der Waals surface area contributed by atoms with Crippen molar-refractivity contribution < 1.29 is 24.1 Å². The predicted octanol–water partition coefficient (Wildman–Crippen LogP) is 1.93. The van der Waals surface area contributed by atoms with Gasteiger partial charge in [0.25, 0.3) is 0 Å². The summed E-state index contributed by atoms with van der Waals surface area (Å²) in [7, 11) is 1.25. The van der Waals surface area contributed by atoms with Crippen LogP contribution in [-0.2, 0) is 14.3 Å². The Morgan fingerprint density at radius 3 is 2.67 bits per heavy atom. The van der Waals surface area contributed by atoms with Crippen molar-refractivity contribution in [3.8, 4) is 0 Å². The van der Waals surface area contributed by atoms with Gasteiger partial charge in [-0.25, -0.2) is 9.42 Å². The van der Waals surface area contributed by atoms with Gasteiger partial charge in [0.05, 0.1) is 12.7 Å². The van der Waals surface area contributed by atoms with E-state index in [0.717, 1.165) is 0 Å². The van der Waals surface area contributed by atoms with Crippen LogP contribution in [0.5, 0.6) is 0 Å². The maximum absolute atomic E-state index is 12.3. The van der Waals surface area contributed by atoms with E-state index in [9.17, 15) is 14.7 Å². The highest BCUT2D eigenvalue weighted by Crippen LogP contribution is 2.41. The van der Waals surface area contributed by atoms with Crippen molar-refractivity contribution in [2.45, 2.75) is 19.8 Å². The molecule has 0 aliphatic carbocycles. The SMILES string of the molecule is COC(=O)C1=C(C)N=C(C)C(C(=O)O)[C@H]1c1cccc2nonc12. The number of esters is 1. The molecule has 2 aromatic rings. The molecule has 2 heterocycles. The van der Waals surface area contributed by atoms with Gasteiger partial charge in [0.15, 0.2) is 0 Å². The molecule has 24 heavy (non-hydrogen) atoms. The summed E-state index contributed by atoms with van der Waals surface area (Å²) in [6.07, 6.45) is 0. The molecule has 2 atom stereocenters. The number of aliphatic imine (C=N–C) groups is 1. The first-order valence-electron chi connectivity index (χ1n) is 7.24. The van der Waals surface area contributed by atoms with Crippen molar-refractivity contribution in [1.82, 2.24) is 10.3 Å². The largest absolute Gasteiger partial charge is 0.481 e. The van der Waals surface area contributed by atoms with Crippen LogP contribution in [0.15, 0.2) is 39.1 Å². The van der Waals surface area contributed by atoms with Crippen LogP contribution in [0, 0.1) is 5.92 Å². The quantitative estimate of drug-likeness (QED) is 0.855. The summed E-state index contributed by atoms with van der Waals surface area (Å²) in [4.78, 5) is 28.4. The minimum atomic E-state index is -1.08. The van der Waals surface area contributed by atoms with Gasteiger partial charge in [-0.3, -0.25) is 9.79 Å². The van der Waals surface area contributed by atoms with Crippen LogP contribution in [0.3, 0.4) is 0 Å². The molecule has 0 radical (unpaired) electrons. The van der Waals surface area contributed by atoms with Gasteiger partial charge in [-0.2, -0.15) is 0 Å². The molecule has 124 valence electrons. The Morgan fingerprint density at radius 2 is 2.00 bits per heavy atom. The van der Waals surface area contributed by atoms with Crippen molar-refractivity contribution in [1.29, 1.82) is 0 Å². The molecule has 0 bridgehead atoms. The van der Waals surface area contributed by atoms with E-state index in [1.165, 1.54) is 7.11 Å². The van der Waals surface area contributed by atoms with Crippen molar-refractivity contribution in [3.05, 3.63) is 35.0 Å². The van der Waals surface area contributed by atoms with Crippen LogP contribution in [-0.4, -0.2) is 40.2 Å². The second kappa shape index (κ2) is 5.88. The Balaban J connectivity index is 2.30. The monoisotopic (exact) mass is 329 g/mol. The first-order chi connectivity index (χ1) is 11.5. The standard InChI is InChI=1S/C16H15N3O5/c1-7-11(15(20)21)13(12(8(2)17-7)16(22)23-3)9-5-4-6-10-14(9)19-24-18-10/h4-6,11,13H,1-3H3,(H,20,21)/t11?,13-/m1/s1. The first kappa shape index (κ1) is 15.9. The van der Waals surface area contributed by atoms with Crippen LogP contribution < -0.4 is 0 Å². The molecule has 1 aliphatic rings. The van der Waals surface area contributed by atoms with Crippen molar-refractivity contribution in [2.75, 3.05) is 7.11 Å². The third-order valence-corrected chi connectivity index (χ3v) is 4.15. The summed E-state index contributed by atoms with van der Waals surface area (Å²) in [6, 6.07) is 5.12. The molecular formula is C16H15N3O5. The number of fused-ring (bicyclic) bond motifs is 1. The number of hydrogen-bond donors (Lipinski definition) is 1. The average Bonchev–Trinajstić information content (AvgIpc) is 3.01. The second-order valence-corrected chi connectivity index (χ2v) is 5.52. The number of carboxylic acid groups (broad SMARTS) is 1. The van der Waals surface area contributed by atoms with Gasteiger partial charge < -0.3 is 9.84 Å². The highest BCUT2D eigenvalue weighted by molar-refractivity contribution is 6.07. The molecule has 1 aromatic heterocycles. The fourth-order valence-corrected chi connectivity index (χ4v) is 3.15. The molecule has 8 nitrogen and oxygen atoms in total. The smallest absolute Gasteiger partial charge is 0.336 e. The van der Waals surface area contributed by atoms with E-state index < -0.39 is 23.8 Å². The molecular weight excluding hydrogens is 314 g/mol. The molecule has 1 N–H and O–H groups in total. The number of rotatable bonds is 3. The predicted molar refractivity (Wildman–Crippen MR) is 83.5 cm³/mol. The van der Waals surface area contributed by atoms with E-state index in [1.54, 1.807) is 32.0 Å². The van der Waals surface area contributed by atoms with Crippen LogP contribution in [0.1, 0.15) is 25.3 Å². The Bertz CT molecular complexity index is 896. The molecule has 3 rings (SSSR count). The molecule has 8 heteroatoms. The Labute approximate surface area is 136 Å². The minimum Gasteiger partial charge on any atom is -0.481 e. The number of carboxylic acids is 1. The maximum atomic E-state index is 12.3. The van der Waals surface area contributed by atoms with E-state index in [4.69, 9.17) is 9.37 Å². The molecule has 0 amide bonds. The highest BCUT2D eigenvalue weighted by Gasteiger charge is 2.42.